The molecule has 3 aromatic rings. The van der Waals surface area contributed by atoms with E-state index in [9.17, 15) is 9.18 Å². The lowest BCUT2D eigenvalue weighted by molar-refractivity contribution is -0.128. The number of thiazole rings is 1. The van der Waals surface area contributed by atoms with Gasteiger partial charge in [-0.3, -0.25) is 4.79 Å². The van der Waals surface area contributed by atoms with Crippen LogP contribution in [0.4, 0.5) is 9.52 Å². The number of rotatable bonds is 9. The van der Waals surface area contributed by atoms with Crippen LogP contribution in [0.1, 0.15) is 29.7 Å². The van der Waals surface area contributed by atoms with Crippen molar-refractivity contribution >= 4 is 74.4 Å². The molecule has 0 spiro atoms. The fraction of sp³-hybridized carbons (Fsp3) is 0.419. The van der Waals surface area contributed by atoms with Gasteiger partial charge >= 0.3 is 0 Å². The van der Waals surface area contributed by atoms with Crippen molar-refractivity contribution in [3.05, 3.63) is 78.5 Å². The molecule has 2 atom stereocenters. The Bertz CT molecular complexity index is 1600. The largest absolute Gasteiger partial charge is 0.490 e. The number of amides is 1. The molecule has 3 fully saturated rings. The van der Waals surface area contributed by atoms with Crippen molar-refractivity contribution in [2.24, 2.45) is 5.92 Å². The number of piperazine rings is 1. The minimum absolute atomic E-state index is 0.0485. The summed E-state index contributed by atoms with van der Waals surface area (Å²) in [7, 11) is 0. The van der Waals surface area contributed by atoms with Crippen LogP contribution in [-0.2, 0) is 11.3 Å². The molecule has 2 saturated heterocycles. The quantitative estimate of drug-likeness (QED) is 0.260. The molecule has 1 amide bonds. The second-order valence-corrected chi connectivity index (χ2v) is 14.4. The van der Waals surface area contributed by atoms with Crippen LogP contribution >= 0.6 is 57.7 Å². The number of carbonyl (C=O) groups is 1. The molecule has 0 unspecified atom stereocenters. The van der Waals surface area contributed by atoms with E-state index in [0.29, 0.717) is 35.5 Å². The van der Waals surface area contributed by atoms with Crippen LogP contribution in [0.2, 0.25) is 20.1 Å². The number of nitrogens with zero attached hydrogens (tertiary/aromatic N) is 3. The first kappa shape index (κ1) is 30.5. The smallest absolute Gasteiger partial charge is 0.252 e. The number of ether oxygens (including phenoxy) is 1. The van der Waals surface area contributed by atoms with Gasteiger partial charge in [-0.05, 0) is 48.6 Å². The van der Waals surface area contributed by atoms with Crippen LogP contribution in [-0.4, -0.2) is 66.7 Å². The van der Waals surface area contributed by atoms with E-state index in [1.165, 1.54) is 12.1 Å². The summed E-state index contributed by atoms with van der Waals surface area (Å²) in [6.07, 6.45) is 4.62. The van der Waals surface area contributed by atoms with Gasteiger partial charge in [0, 0.05) is 62.5 Å². The number of halogens is 5. The van der Waals surface area contributed by atoms with Crippen molar-refractivity contribution in [3.8, 4) is 5.75 Å². The average Bonchev–Trinajstić information content (AvgIpc) is 3.69. The second kappa shape index (κ2) is 12.6. The van der Waals surface area contributed by atoms with E-state index in [2.05, 4.69) is 15.5 Å². The topological polar surface area (TPSA) is 69.7 Å². The maximum Gasteiger partial charge on any atom is 0.252 e. The number of carbonyl (C=O) groups excluding carboxylic acids is 1. The Kier molecular flexibility index (Phi) is 8.74. The minimum Gasteiger partial charge on any atom is -0.490 e. The molecule has 2 bridgehead atoms. The standard InChI is InChI=1S/C31H30Cl4FN5O2S/c32-22-3-1-2-17(28(22)35)14-41(20-4-5-20)30(42)27-21(8-19-9-37-10-25(27)39-19)26-11-38-31(44-26)40-12-16(13-40)15-43-29-23(33)6-18(36)7-24(29)34/h1-3,6-7,11,16,19-20,25,37,39H,4-5,8-10,12-15H2/t19-,25-/m1/s1. The van der Waals surface area contributed by atoms with E-state index in [1.807, 2.05) is 23.2 Å². The lowest BCUT2D eigenvalue weighted by Gasteiger charge is -2.40. The van der Waals surface area contributed by atoms with Gasteiger partial charge in [0.05, 0.1) is 37.6 Å². The van der Waals surface area contributed by atoms with E-state index in [-0.39, 0.29) is 40.0 Å². The van der Waals surface area contributed by atoms with E-state index < -0.39 is 5.82 Å². The molecule has 7 rings (SSSR count). The number of nitrogens with one attached hydrogen (secondary N) is 2. The van der Waals surface area contributed by atoms with Gasteiger partial charge in [-0.2, -0.15) is 0 Å². The molecule has 7 nitrogen and oxygen atoms in total. The summed E-state index contributed by atoms with van der Waals surface area (Å²) in [5, 5.41) is 9.41. The van der Waals surface area contributed by atoms with Gasteiger partial charge in [-0.1, -0.05) is 69.9 Å². The monoisotopic (exact) mass is 695 g/mol. The van der Waals surface area contributed by atoms with Crippen LogP contribution in [0, 0.1) is 11.7 Å². The zero-order valence-corrected chi connectivity index (χ0v) is 27.4. The predicted octanol–water partition coefficient (Wildman–Crippen LogP) is 6.69. The third-order valence-corrected chi connectivity index (χ3v) is 11.1. The Balaban J connectivity index is 1.09. The number of hydrogen-bond acceptors (Lipinski definition) is 7. The highest BCUT2D eigenvalue weighted by molar-refractivity contribution is 7.16. The van der Waals surface area contributed by atoms with Gasteiger partial charge in [0.2, 0.25) is 0 Å². The molecule has 3 aliphatic heterocycles. The molecule has 2 aromatic carbocycles. The average molecular weight is 697 g/mol. The first-order chi connectivity index (χ1) is 21.2. The normalized spacial score (nSPS) is 21.8. The Morgan fingerprint density at radius 1 is 1.11 bits per heavy atom. The van der Waals surface area contributed by atoms with Crippen molar-refractivity contribution in [2.75, 3.05) is 37.7 Å². The van der Waals surface area contributed by atoms with Crippen LogP contribution in [0.15, 0.2) is 42.1 Å². The van der Waals surface area contributed by atoms with E-state index in [1.54, 1.807) is 17.4 Å². The molecule has 1 aliphatic carbocycles. The summed E-state index contributed by atoms with van der Waals surface area (Å²) in [6, 6.07) is 8.33. The van der Waals surface area contributed by atoms with Crippen molar-refractivity contribution in [1.82, 2.24) is 20.5 Å². The number of hydrogen-bond donors (Lipinski definition) is 2. The second-order valence-electron chi connectivity index (χ2n) is 11.8. The molecule has 1 saturated carbocycles. The lowest BCUT2D eigenvalue weighted by Crippen LogP contribution is -2.59. The van der Waals surface area contributed by atoms with E-state index in [4.69, 9.17) is 56.1 Å². The molecule has 13 heteroatoms. The minimum atomic E-state index is -0.499. The van der Waals surface area contributed by atoms with Gasteiger partial charge in [0.1, 0.15) is 5.82 Å². The lowest BCUT2D eigenvalue weighted by atomic mass is 9.86. The first-order valence-corrected chi connectivity index (χ1v) is 17.0. The van der Waals surface area contributed by atoms with Crippen LogP contribution in [0.5, 0.6) is 5.75 Å². The molecule has 2 N–H and O–H groups in total. The third-order valence-electron chi connectivity index (χ3n) is 8.60. The summed E-state index contributed by atoms with van der Waals surface area (Å²) in [6.45, 7) is 3.91. The number of benzene rings is 2. The van der Waals surface area contributed by atoms with Gasteiger partial charge in [0.15, 0.2) is 10.9 Å². The predicted molar refractivity (Wildman–Crippen MR) is 175 cm³/mol. The highest BCUT2D eigenvalue weighted by Gasteiger charge is 2.42. The van der Waals surface area contributed by atoms with E-state index in [0.717, 1.165) is 65.6 Å². The Morgan fingerprint density at radius 3 is 2.64 bits per heavy atom. The van der Waals surface area contributed by atoms with Crippen molar-refractivity contribution in [3.63, 3.8) is 0 Å². The van der Waals surface area contributed by atoms with Crippen molar-refractivity contribution in [2.45, 2.75) is 43.9 Å². The van der Waals surface area contributed by atoms with Gasteiger partial charge < -0.3 is 25.2 Å². The van der Waals surface area contributed by atoms with Crippen molar-refractivity contribution < 1.29 is 13.9 Å². The van der Waals surface area contributed by atoms with Gasteiger partial charge in [-0.15, -0.1) is 0 Å². The molecular formula is C31H30Cl4FN5O2S. The molecule has 4 aliphatic rings. The Labute approximate surface area is 279 Å². The van der Waals surface area contributed by atoms with Gasteiger partial charge in [0.25, 0.3) is 5.91 Å². The molecule has 0 radical (unpaired) electrons. The Hall–Kier alpha value is -2.11. The first-order valence-electron chi connectivity index (χ1n) is 14.7. The molecule has 232 valence electrons. The summed E-state index contributed by atoms with van der Waals surface area (Å²) >= 11 is 26.7. The summed E-state index contributed by atoms with van der Waals surface area (Å²) < 4.78 is 19.4. The number of fused-ring (bicyclic) bond motifs is 2. The zero-order chi connectivity index (χ0) is 30.5. The summed E-state index contributed by atoms with van der Waals surface area (Å²) in [5.41, 5.74) is 2.75. The zero-order valence-electron chi connectivity index (χ0n) is 23.6. The summed E-state index contributed by atoms with van der Waals surface area (Å²) in [4.78, 5) is 24.4. The molecule has 44 heavy (non-hydrogen) atoms. The summed E-state index contributed by atoms with van der Waals surface area (Å²) in [5.74, 6) is 0.108. The fourth-order valence-electron chi connectivity index (χ4n) is 6.21. The maximum absolute atomic E-state index is 14.4. The number of aromatic nitrogens is 1. The Morgan fingerprint density at radius 2 is 1.89 bits per heavy atom. The van der Waals surface area contributed by atoms with Gasteiger partial charge in [-0.25, -0.2) is 9.37 Å². The molecular weight excluding hydrogens is 667 g/mol. The fourth-order valence-corrected chi connectivity index (χ4v) is 8.16. The van der Waals surface area contributed by atoms with E-state index >= 15 is 0 Å². The number of anilines is 1. The third kappa shape index (κ3) is 6.17. The highest BCUT2D eigenvalue weighted by atomic mass is 35.5. The SMILES string of the molecule is O=C(C1=C(c2cnc(N3CC(COc4c(Cl)cc(F)cc4Cl)C3)s2)C[C@@H]2CNC[C@H]1N2)N(Cc1cccc(Cl)c1Cl)C1CC1. The highest BCUT2D eigenvalue weighted by Crippen LogP contribution is 2.41. The van der Waals surface area contributed by atoms with Crippen LogP contribution in [0.25, 0.3) is 5.57 Å². The van der Waals surface area contributed by atoms with Crippen molar-refractivity contribution in [1.29, 1.82) is 0 Å². The molecule has 4 heterocycles. The maximum atomic E-state index is 14.4. The van der Waals surface area contributed by atoms with Crippen LogP contribution in [0.3, 0.4) is 0 Å². The molecule has 1 aromatic heterocycles. The van der Waals surface area contributed by atoms with Crippen LogP contribution < -0.4 is 20.3 Å².